The summed E-state index contributed by atoms with van der Waals surface area (Å²) in [5.74, 6) is -0.138. The highest BCUT2D eigenvalue weighted by Gasteiger charge is 2.31. The van der Waals surface area contributed by atoms with Gasteiger partial charge in [0.05, 0.1) is 6.04 Å². The zero-order valence-electron chi connectivity index (χ0n) is 19.3. The van der Waals surface area contributed by atoms with Gasteiger partial charge in [-0.3, -0.25) is 14.5 Å². The highest BCUT2D eigenvalue weighted by Crippen LogP contribution is 2.38. The number of thiophene rings is 1. The number of piperazine rings is 1. The second kappa shape index (κ2) is 10.6. The molecule has 2 aromatic carbocycles. The van der Waals surface area contributed by atoms with Crippen LogP contribution in [0.4, 0.5) is 4.39 Å². The largest absolute Gasteiger partial charge is 0.339 e. The number of hydrogen-bond donors (Lipinski definition) is 0. The number of hydrogen-bond acceptors (Lipinski definition) is 4. The molecule has 2 aliphatic heterocycles. The van der Waals surface area contributed by atoms with Gasteiger partial charge >= 0.3 is 0 Å². The van der Waals surface area contributed by atoms with Crippen molar-refractivity contribution < 1.29 is 14.0 Å². The van der Waals surface area contributed by atoms with Gasteiger partial charge in [-0.15, -0.1) is 11.3 Å². The van der Waals surface area contributed by atoms with E-state index in [0.29, 0.717) is 44.7 Å². The number of carbonyl (C=O) groups excluding carboxylic acids is 2. The molecule has 0 radical (unpaired) electrons. The number of carbonyl (C=O) groups is 2. The molecule has 1 atom stereocenters. The van der Waals surface area contributed by atoms with Crippen LogP contribution in [0.3, 0.4) is 0 Å². The minimum Gasteiger partial charge on any atom is -0.339 e. The van der Waals surface area contributed by atoms with Crippen LogP contribution >= 0.6 is 27.3 Å². The molecule has 3 heterocycles. The molecule has 1 fully saturated rings. The Balaban J connectivity index is 1.20. The fourth-order valence-electron chi connectivity index (χ4n) is 5.04. The number of benzene rings is 2. The molecule has 35 heavy (non-hydrogen) atoms. The molecule has 5 nitrogen and oxygen atoms in total. The topological polar surface area (TPSA) is 43.9 Å². The van der Waals surface area contributed by atoms with Crippen molar-refractivity contribution in [3.05, 3.63) is 91.8 Å². The summed E-state index contributed by atoms with van der Waals surface area (Å²) in [5.41, 5.74) is 2.80. The molecular formula is C27H27BrFN3O2S. The second-order valence-electron chi connectivity index (χ2n) is 8.98. The normalized spacial score (nSPS) is 18.4. The third-order valence-electron chi connectivity index (χ3n) is 6.83. The lowest BCUT2D eigenvalue weighted by Crippen LogP contribution is -2.51. The molecule has 0 saturated carbocycles. The third kappa shape index (κ3) is 5.34. The maximum atomic E-state index is 14.0. The smallest absolute Gasteiger partial charge is 0.254 e. The molecule has 1 aromatic heterocycles. The van der Waals surface area contributed by atoms with Crippen molar-refractivity contribution in [2.45, 2.75) is 18.9 Å². The van der Waals surface area contributed by atoms with E-state index in [1.54, 1.807) is 23.5 Å². The van der Waals surface area contributed by atoms with Gasteiger partial charge in [0, 0.05) is 60.6 Å². The number of nitrogens with zero attached hydrogens (tertiary/aromatic N) is 3. The fourth-order valence-corrected chi connectivity index (χ4v) is 6.34. The molecule has 0 bridgehead atoms. The lowest BCUT2D eigenvalue weighted by Gasteiger charge is -2.38. The number of rotatable bonds is 5. The predicted molar refractivity (Wildman–Crippen MR) is 139 cm³/mol. The van der Waals surface area contributed by atoms with Gasteiger partial charge in [0.15, 0.2) is 0 Å². The molecule has 1 unspecified atom stereocenters. The molecule has 0 N–H and O–H groups in total. The molecular weight excluding hydrogens is 529 g/mol. The van der Waals surface area contributed by atoms with Crippen LogP contribution in [0.25, 0.3) is 0 Å². The lowest BCUT2D eigenvalue weighted by atomic mass is 9.93. The average Bonchev–Trinajstić information content (AvgIpc) is 3.35. The Morgan fingerprint density at radius 1 is 0.971 bits per heavy atom. The van der Waals surface area contributed by atoms with Crippen molar-refractivity contribution in [3.63, 3.8) is 0 Å². The Labute approximate surface area is 217 Å². The molecule has 2 amide bonds. The van der Waals surface area contributed by atoms with Crippen molar-refractivity contribution in [1.82, 2.24) is 14.7 Å². The average molecular weight is 557 g/mol. The molecule has 3 aromatic rings. The first-order valence-corrected chi connectivity index (χ1v) is 13.6. The van der Waals surface area contributed by atoms with Crippen molar-refractivity contribution >= 4 is 39.1 Å². The fraction of sp³-hybridized carbons (Fsp3) is 0.333. The Morgan fingerprint density at radius 2 is 1.74 bits per heavy atom. The van der Waals surface area contributed by atoms with E-state index >= 15 is 0 Å². The summed E-state index contributed by atoms with van der Waals surface area (Å²) in [7, 11) is 0. The number of halogens is 2. The summed E-state index contributed by atoms with van der Waals surface area (Å²) in [5, 5.41) is 2.10. The standard InChI is InChI=1S/C27H27BrFN3O2S/c28-21-5-1-4-20(17-21)27(34)32-14-12-30(13-15-32)25(33)8-11-31-10-7-24-23(9-16-35-24)26(31)19-3-2-6-22(29)18-19/h1-6,9,16-18,26H,7-8,10-15H2. The Bertz CT molecular complexity index is 1220. The summed E-state index contributed by atoms with van der Waals surface area (Å²) in [6, 6.07) is 16.3. The van der Waals surface area contributed by atoms with Crippen LogP contribution in [0.2, 0.25) is 0 Å². The van der Waals surface area contributed by atoms with Gasteiger partial charge in [-0.25, -0.2) is 4.39 Å². The van der Waals surface area contributed by atoms with Crippen molar-refractivity contribution in [2.24, 2.45) is 0 Å². The highest BCUT2D eigenvalue weighted by atomic mass is 79.9. The first-order chi connectivity index (χ1) is 17.0. The number of fused-ring (bicyclic) bond motifs is 1. The Morgan fingerprint density at radius 3 is 2.51 bits per heavy atom. The van der Waals surface area contributed by atoms with Gasteiger partial charge in [-0.2, -0.15) is 0 Å². The van der Waals surface area contributed by atoms with Crippen LogP contribution in [0.15, 0.2) is 64.5 Å². The summed E-state index contributed by atoms with van der Waals surface area (Å²) in [6.07, 6.45) is 1.36. The molecule has 1 saturated heterocycles. The summed E-state index contributed by atoms with van der Waals surface area (Å²) in [4.78, 5) is 33.2. The molecule has 0 spiro atoms. The van der Waals surface area contributed by atoms with E-state index in [0.717, 1.165) is 23.0 Å². The van der Waals surface area contributed by atoms with Crippen molar-refractivity contribution in [2.75, 3.05) is 39.3 Å². The minimum absolute atomic E-state index is 0.00350. The van der Waals surface area contributed by atoms with E-state index in [1.807, 2.05) is 40.1 Å². The first-order valence-electron chi connectivity index (χ1n) is 11.9. The summed E-state index contributed by atoms with van der Waals surface area (Å²) >= 11 is 5.17. The lowest BCUT2D eigenvalue weighted by molar-refractivity contribution is -0.133. The highest BCUT2D eigenvalue weighted by molar-refractivity contribution is 9.10. The van der Waals surface area contributed by atoms with Gasteiger partial charge in [0.25, 0.3) is 5.91 Å². The van der Waals surface area contributed by atoms with Crippen LogP contribution < -0.4 is 0 Å². The van der Waals surface area contributed by atoms with E-state index in [1.165, 1.54) is 16.5 Å². The van der Waals surface area contributed by atoms with Gasteiger partial charge < -0.3 is 9.80 Å². The summed E-state index contributed by atoms with van der Waals surface area (Å²) < 4.78 is 14.9. The Kier molecular flexibility index (Phi) is 7.32. The van der Waals surface area contributed by atoms with Gasteiger partial charge in [-0.1, -0.05) is 34.1 Å². The van der Waals surface area contributed by atoms with E-state index in [-0.39, 0.29) is 23.7 Å². The van der Waals surface area contributed by atoms with Gasteiger partial charge in [0.2, 0.25) is 5.91 Å². The second-order valence-corrected chi connectivity index (χ2v) is 10.9. The summed E-state index contributed by atoms with van der Waals surface area (Å²) in [6.45, 7) is 3.61. The SMILES string of the molecule is O=C(CCN1CCc2sccc2C1c1cccc(F)c1)N1CCN(C(=O)c2cccc(Br)c2)CC1. The molecule has 182 valence electrons. The molecule has 8 heteroatoms. The van der Waals surface area contributed by atoms with E-state index in [4.69, 9.17) is 0 Å². The minimum atomic E-state index is -0.240. The van der Waals surface area contributed by atoms with Crippen LogP contribution in [-0.4, -0.2) is 65.8 Å². The maximum Gasteiger partial charge on any atom is 0.254 e. The third-order valence-corrected chi connectivity index (χ3v) is 8.32. The van der Waals surface area contributed by atoms with E-state index in [2.05, 4.69) is 32.3 Å². The van der Waals surface area contributed by atoms with Crippen LogP contribution in [0.1, 0.15) is 38.8 Å². The first kappa shape index (κ1) is 24.2. The van der Waals surface area contributed by atoms with Crippen LogP contribution in [0, 0.1) is 5.82 Å². The molecule has 0 aliphatic carbocycles. The monoisotopic (exact) mass is 555 g/mol. The zero-order valence-corrected chi connectivity index (χ0v) is 21.7. The van der Waals surface area contributed by atoms with Gasteiger partial charge in [-0.05, 0) is 59.3 Å². The predicted octanol–water partition coefficient (Wildman–Crippen LogP) is 4.97. The molecule has 2 aliphatic rings. The maximum absolute atomic E-state index is 14.0. The quantitative estimate of drug-likeness (QED) is 0.446. The van der Waals surface area contributed by atoms with E-state index < -0.39 is 0 Å². The van der Waals surface area contributed by atoms with E-state index in [9.17, 15) is 14.0 Å². The van der Waals surface area contributed by atoms with Crippen molar-refractivity contribution in [3.8, 4) is 0 Å². The molecule has 5 rings (SSSR count). The van der Waals surface area contributed by atoms with Crippen LogP contribution in [0.5, 0.6) is 0 Å². The van der Waals surface area contributed by atoms with Crippen molar-refractivity contribution in [1.29, 1.82) is 0 Å². The van der Waals surface area contributed by atoms with Gasteiger partial charge in [0.1, 0.15) is 5.82 Å². The zero-order chi connectivity index (χ0) is 24.4. The Hall–Kier alpha value is -2.55. The van der Waals surface area contributed by atoms with Crippen LogP contribution in [-0.2, 0) is 11.2 Å². The number of amides is 2.